The summed E-state index contributed by atoms with van der Waals surface area (Å²) in [5, 5.41) is 0. The van der Waals surface area contributed by atoms with Crippen molar-refractivity contribution < 1.29 is 19.1 Å². The molecule has 1 aliphatic heterocycles. The van der Waals surface area contributed by atoms with Gasteiger partial charge in [-0.3, -0.25) is 4.79 Å². The number of hydrogen-bond donors (Lipinski definition) is 0. The van der Waals surface area contributed by atoms with Crippen LogP contribution in [-0.4, -0.2) is 42.8 Å². The number of hydrogen-bond acceptors (Lipinski definition) is 4. The second-order valence-corrected chi connectivity index (χ2v) is 7.00. The first-order chi connectivity index (χ1) is 12.2. The Morgan fingerprint density at radius 1 is 1.32 bits per heavy atom. The van der Waals surface area contributed by atoms with Crippen LogP contribution in [0.2, 0.25) is 0 Å². The molecule has 2 aliphatic rings. The van der Waals surface area contributed by atoms with Gasteiger partial charge in [0.2, 0.25) is 5.91 Å². The summed E-state index contributed by atoms with van der Waals surface area (Å²) in [5.74, 6) is 0.00288. The molecule has 2 fully saturated rings. The first-order valence-electron chi connectivity index (χ1n) is 9.32. The van der Waals surface area contributed by atoms with E-state index in [9.17, 15) is 9.59 Å². The van der Waals surface area contributed by atoms with Gasteiger partial charge in [-0.15, -0.1) is 0 Å². The van der Waals surface area contributed by atoms with Gasteiger partial charge in [-0.25, -0.2) is 9.69 Å². The molecule has 2 atom stereocenters. The lowest BCUT2D eigenvalue weighted by atomic mass is 10.0. The quantitative estimate of drug-likeness (QED) is 0.644. The number of imide groups is 1. The lowest BCUT2D eigenvalue weighted by molar-refractivity contribution is -0.136. The van der Waals surface area contributed by atoms with E-state index >= 15 is 0 Å². The molecule has 2 amide bonds. The molecule has 1 saturated carbocycles. The normalized spacial score (nSPS) is 21.2. The largest absolute Gasteiger partial charge is 0.447 e. The van der Waals surface area contributed by atoms with E-state index in [0.29, 0.717) is 25.6 Å². The third-order valence-corrected chi connectivity index (χ3v) is 4.96. The highest BCUT2D eigenvalue weighted by Gasteiger charge is 2.45. The van der Waals surface area contributed by atoms with Gasteiger partial charge in [0.05, 0.1) is 18.6 Å². The van der Waals surface area contributed by atoms with Crippen molar-refractivity contribution in [1.29, 1.82) is 0 Å². The minimum Gasteiger partial charge on any atom is -0.447 e. The van der Waals surface area contributed by atoms with Gasteiger partial charge in [0.15, 0.2) is 0 Å². The van der Waals surface area contributed by atoms with Crippen LogP contribution in [0.15, 0.2) is 30.3 Å². The zero-order chi connectivity index (χ0) is 17.6. The third kappa shape index (κ3) is 4.60. The standard InChI is InChI=1S/C20H27NO4/c1-2-3-11-24-14-18(16-9-10-16)19(22)21-17(13-25-20(21)23)12-15-7-5-4-6-8-15/h4-8,16-18H,2-3,9-14H2,1H3/t17-,18-/m1/s1. The number of amides is 2. The Labute approximate surface area is 149 Å². The van der Waals surface area contributed by atoms with Gasteiger partial charge in [0, 0.05) is 6.61 Å². The van der Waals surface area contributed by atoms with Crippen molar-refractivity contribution in [3.8, 4) is 0 Å². The van der Waals surface area contributed by atoms with Crippen LogP contribution in [0, 0.1) is 11.8 Å². The summed E-state index contributed by atoms with van der Waals surface area (Å²) < 4.78 is 10.9. The van der Waals surface area contributed by atoms with Crippen molar-refractivity contribution in [2.75, 3.05) is 19.8 Å². The lowest BCUT2D eigenvalue weighted by Crippen LogP contribution is -2.45. The number of carbonyl (C=O) groups is 2. The van der Waals surface area contributed by atoms with Crippen LogP contribution >= 0.6 is 0 Å². The average Bonchev–Trinajstić information content (AvgIpc) is 3.39. The van der Waals surface area contributed by atoms with Crippen LogP contribution in [0.25, 0.3) is 0 Å². The van der Waals surface area contributed by atoms with Crippen molar-refractivity contribution in [2.45, 2.75) is 45.1 Å². The van der Waals surface area contributed by atoms with Crippen molar-refractivity contribution in [1.82, 2.24) is 4.90 Å². The summed E-state index contributed by atoms with van der Waals surface area (Å²) in [6, 6.07) is 9.69. The number of unbranched alkanes of at least 4 members (excludes halogenated alkanes) is 1. The highest BCUT2D eigenvalue weighted by atomic mass is 16.6. The van der Waals surface area contributed by atoms with Crippen molar-refractivity contribution >= 4 is 12.0 Å². The van der Waals surface area contributed by atoms with Crippen LogP contribution in [0.4, 0.5) is 4.79 Å². The monoisotopic (exact) mass is 345 g/mol. The maximum atomic E-state index is 13.0. The fourth-order valence-corrected chi connectivity index (χ4v) is 3.31. The maximum Gasteiger partial charge on any atom is 0.416 e. The molecule has 1 saturated heterocycles. The van der Waals surface area contributed by atoms with E-state index in [-0.39, 0.29) is 24.5 Å². The van der Waals surface area contributed by atoms with E-state index in [4.69, 9.17) is 9.47 Å². The molecule has 0 N–H and O–H groups in total. The Balaban J connectivity index is 1.65. The zero-order valence-electron chi connectivity index (χ0n) is 14.9. The zero-order valence-corrected chi connectivity index (χ0v) is 14.9. The molecule has 1 aromatic rings. The Morgan fingerprint density at radius 2 is 2.08 bits per heavy atom. The molecule has 0 spiro atoms. The molecule has 3 rings (SSSR count). The van der Waals surface area contributed by atoms with Crippen LogP contribution < -0.4 is 0 Å². The molecule has 0 aromatic heterocycles. The molecule has 1 aliphatic carbocycles. The molecule has 0 unspecified atom stereocenters. The van der Waals surface area contributed by atoms with Crippen molar-refractivity contribution in [2.24, 2.45) is 11.8 Å². The second kappa shape index (κ2) is 8.48. The summed E-state index contributed by atoms with van der Waals surface area (Å²) in [6.07, 6.45) is 4.27. The van der Waals surface area contributed by atoms with Gasteiger partial charge in [0.25, 0.3) is 0 Å². The second-order valence-electron chi connectivity index (χ2n) is 7.00. The molecule has 136 valence electrons. The molecular weight excluding hydrogens is 318 g/mol. The molecule has 5 heteroatoms. The minimum atomic E-state index is -0.509. The molecular formula is C20H27NO4. The Morgan fingerprint density at radius 3 is 2.76 bits per heavy atom. The summed E-state index contributed by atoms with van der Waals surface area (Å²) in [4.78, 5) is 26.6. The highest BCUT2D eigenvalue weighted by Crippen LogP contribution is 2.39. The van der Waals surface area contributed by atoms with Crippen molar-refractivity contribution in [3.63, 3.8) is 0 Å². The third-order valence-electron chi connectivity index (χ3n) is 4.96. The summed E-state index contributed by atoms with van der Waals surface area (Å²) >= 11 is 0. The van der Waals surface area contributed by atoms with E-state index in [1.165, 1.54) is 4.90 Å². The number of nitrogens with zero attached hydrogens (tertiary/aromatic N) is 1. The lowest BCUT2D eigenvalue weighted by Gasteiger charge is -2.25. The Hall–Kier alpha value is -1.88. The van der Waals surface area contributed by atoms with Crippen LogP contribution in [0.1, 0.15) is 38.2 Å². The molecule has 5 nitrogen and oxygen atoms in total. The Kier molecular flexibility index (Phi) is 6.08. The fourth-order valence-electron chi connectivity index (χ4n) is 3.31. The Bertz CT molecular complexity index is 585. The van der Waals surface area contributed by atoms with Gasteiger partial charge in [-0.2, -0.15) is 0 Å². The predicted octanol–water partition coefficient (Wildman–Crippen LogP) is 3.42. The molecule has 1 heterocycles. The van der Waals surface area contributed by atoms with Gasteiger partial charge in [-0.1, -0.05) is 43.7 Å². The summed E-state index contributed by atoms with van der Waals surface area (Å²) in [6.45, 7) is 3.46. The number of cyclic esters (lactones) is 1. The summed E-state index contributed by atoms with van der Waals surface area (Å²) in [7, 11) is 0. The smallest absolute Gasteiger partial charge is 0.416 e. The van der Waals surface area contributed by atoms with Gasteiger partial charge in [-0.05, 0) is 37.2 Å². The number of carbonyl (C=O) groups excluding carboxylic acids is 2. The van der Waals surface area contributed by atoms with Gasteiger partial charge < -0.3 is 9.47 Å². The SMILES string of the molecule is CCCCOC[C@@H](C(=O)N1C(=O)OC[C@H]1Cc1ccccc1)C1CC1. The number of rotatable bonds is 9. The summed E-state index contributed by atoms with van der Waals surface area (Å²) in [5.41, 5.74) is 1.10. The first-order valence-corrected chi connectivity index (χ1v) is 9.32. The van der Waals surface area contributed by atoms with E-state index in [1.54, 1.807) is 0 Å². The predicted molar refractivity (Wildman–Crippen MR) is 94.1 cm³/mol. The molecule has 0 radical (unpaired) electrons. The number of ether oxygens (including phenoxy) is 2. The molecule has 0 bridgehead atoms. The highest BCUT2D eigenvalue weighted by molar-refractivity contribution is 5.95. The maximum absolute atomic E-state index is 13.0. The van der Waals surface area contributed by atoms with E-state index in [1.807, 2.05) is 30.3 Å². The topological polar surface area (TPSA) is 55.8 Å². The van der Waals surface area contributed by atoms with Gasteiger partial charge in [0.1, 0.15) is 6.61 Å². The molecule has 25 heavy (non-hydrogen) atoms. The van der Waals surface area contributed by atoms with E-state index in [2.05, 4.69) is 6.92 Å². The van der Waals surface area contributed by atoms with Crippen LogP contribution in [-0.2, 0) is 20.7 Å². The van der Waals surface area contributed by atoms with E-state index < -0.39 is 6.09 Å². The fraction of sp³-hybridized carbons (Fsp3) is 0.600. The van der Waals surface area contributed by atoms with Crippen molar-refractivity contribution in [3.05, 3.63) is 35.9 Å². The van der Waals surface area contributed by atoms with Gasteiger partial charge >= 0.3 is 6.09 Å². The van der Waals surface area contributed by atoms with Crippen LogP contribution in [0.3, 0.4) is 0 Å². The van der Waals surface area contributed by atoms with Crippen LogP contribution in [0.5, 0.6) is 0 Å². The van der Waals surface area contributed by atoms with E-state index in [0.717, 1.165) is 31.2 Å². The molecule has 1 aromatic carbocycles. The minimum absolute atomic E-state index is 0.123. The average molecular weight is 345 g/mol. The number of benzene rings is 1. The first kappa shape index (κ1) is 17.9.